The third kappa shape index (κ3) is 16.5. The molecule has 0 bridgehead atoms. The minimum Gasteiger partial charge on any atom is -0.481 e. The van der Waals surface area contributed by atoms with E-state index in [-0.39, 0.29) is 38.2 Å². The number of unbranched alkanes of at least 4 members (excludes halogenated alkanes) is 1. The van der Waals surface area contributed by atoms with E-state index in [1.807, 2.05) is 0 Å². The number of guanidine groups is 1. The van der Waals surface area contributed by atoms with Crippen LogP contribution in [-0.2, 0) is 28.8 Å². The van der Waals surface area contributed by atoms with Crippen molar-refractivity contribution in [2.45, 2.75) is 82.0 Å². The van der Waals surface area contributed by atoms with E-state index < -0.39 is 72.6 Å². The molecule has 0 aromatic heterocycles. The summed E-state index contributed by atoms with van der Waals surface area (Å²) < 4.78 is 0. The number of hydrogen-bond donors (Lipinski definition) is 10. The van der Waals surface area contributed by atoms with E-state index in [0.29, 0.717) is 25.8 Å². The van der Waals surface area contributed by atoms with Crippen LogP contribution in [0.1, 0.15) is 57.8 Å². The summed E-state index contributed by atoms with van der Waals surface area (Å²) in [7, 11) is 0. The SMILES string of the molecule is NCCCCC(N)C(=O)NC(CCC(N)=O)C(=O)NC(CCCN=C(N)N)C(=O)NC(CCC(=O)O)C(=O)O. The molecular weight excluding hydrogens is 518 g/mol. The van der Waals surface area contributed by atoms with Crippen LogP contribution < -0.4 is 44.6 Å². The fourth-order valence-electron chi connectivity index (χ4n) is 3.32. The number of carboxylic acid groups (broad SMARTS) is 2. The highest BCUT2D eigenvalue weighted by Crippen LogP contribution is 2.07. The number of nitrogens with zero attached hydrogens (tertiary/aromatic N) is 1. The lowest BCUT2D eigenvalue weighted by Gasteiger charge is -2.25. The molecular formula is C22H41N9O8. The highest BCUT2D eigenvalue weighted by molar-refractivity contribution is 5.94. The standard InChI is InChI=1S/C22H41N9O8/c23-10-2-1-4-12(24)18(35)29-14(6-8-16(25)32)20(37)30-13(5-3-11-28-22(26)27)19(36)31-15(21(38)39)7-9-17(33)34/h12-15H,1-11,23-24H2,(H2,25,32)(H,29,35)(H,30,37)(H,31,36)(H,33,34)(H,38,39)(H4,26,27,28). The van der Waals surface area contributed by atoms with Crippen molar-refractivity contribution in [3.63, 3.8) is 0 Å². The molecule has 0 aromatic carbocycles. The van der Waals surface area contributed by atoms with Crippen molar-refractivity contribution < 1.29 is 39.0 Å². The van der Waals surface area contributed by atoms with E-state index >= 15 is 0 Å². The second-order valence-electron chi connectivity index (χ2n) is 8.80. The quantitative estimate of drug-likeness (QED) is 0.0367. The summed E-state index contributed by atoms with van der Waals surface area (Å²) in [5.74, 6) is -6.08. The molecule has 0 aliphatic heterocycles. The highest BCUT2D eigenvalue weighted by Gasteiger charge is 2.30. The van der Waals surface area contributed by atoms with Gasteiger partial charge in [0.2, 0.25) is 23.6 Å². The van der Waals surface area contributed by atoms with Gasteiger partial charge in [-0.15, -0.1) is 0 Å². The Labute approximate surface area is 225 Å². The molecule has 0 aliphatic carbocycles. The number of nitrogens with one attached hydrogen (secondary N) is 3. The van der Waals surface area contributed by atoms with Crippen molar-refractivity contribution in [1.29, 1.82) is 0 Å². The Kier molecular flexibility index (Phi) is 17.2. The lowest BCUT2D eigenvalue weighted by atomic mass is 10.0. The van der Waals surface area contributed by atoms with E-state index in [2.05, 4.69) is 20.9 Å². The van der Waals surface area contributed by atoms with Crippen LogP contribution in [0.25, 0.3) is 0 Å². The zero-order valence-electron chi connectivity index (χ0n) is 21.8. The Hall–Kier alpha value is -3.99. The average Bonchev–Trinajstić information content (AvgIpc) is 2.84. The molecule has 0 spiro atoms. The Balaban J connectivity index is 5.67. The maximum atomic E-state index is 13.1. The molecule has 0 rings (SSSR count). The summed E-state index contributed by atoms with van der Waals surface area (Å²) in [5, 5.41) is 25.3. The second-order valence-corrected chi connectivity index (χ2v) is 8.80. The van der Waals surface area contributed by atoms with Crippen molar-refractivity contribution >= 4 is 41.5 Å². The minimum atomic E-state index is -1.54. The van der Waals surface area contributed by atoms with Gasteiger partial charge in [0.1, 0.15) is 18.1 Å². The third-order valence-electron chi connectivity index (χ3n) is 5.46. The van der Waals surface area contributed by atoms with Gasteiger partial charge in [0.05, 0.1) is 6.04 Å². The summed E-state index contributed by atoms with van der Waals surface area (Å²) in [6, 6.07) is -5.10. The van der Waals surface area contributed by atoms with E-state index in [1.54, 1.807) is 0 Å². The first-order valence-electron chi connectivity index (χ1n) is 12.4. The normalized spacial score (nSPS) is 13.7. The van der Waals surface area contributed by atoms with E-state index in [9.17, 15) is 33.9 Å². The fourth-order valence-corrected chi connectivity index (χ4v) is 3.32. The topological polar surface area (TPSA) is 321 Å². The highest BCUT2D eigenvalue weighted by atomic mass is 16.4. The molecule has 15 N–H and O–H groups in total. The molecule has 4 atom stereocenters. The van der Waals surface area contributed by atoms with Crippen LogP contribution in [0.3, 0.4) is 0 Å². The third-order valence-corrected chi connectivity index (χ3v) is 5.46. The van der Waals surface area contributed by atoms with Crippen LogP contribution >= 0.6 is 0 Å². The van der Waals surface area contributed by atoms with Gasteiger partial charge in [0.25, 0.3) is 0 Å². The van der Waals surface area contributed by atoms with Crippen molar-refractivity contribution in [2.24, 2.45) is 33.7 Å². The van der Waals surface area contributed by atoms with Gasteiger partial charge in [0.15, 0.2) is 5.96 Å². The van der Waals surface area contributed by atoms with Gasteiger partial charge in [-0.25, -0.2) is 4.79 Å². The second kappa shape index (κ2) is 19.1. The first-order chi connectivity index (χ1) is 18.3. The molecule has 4 unspecified atom stereocenters. The Morgan fingerprint density at radius 2 is 1.23 bits per heavy atom. The maximum absolute atomic E-state index is 13.1. The predicted octanol–water partition coefficient (Wildman–Crippen LogP) is -3.83. The fraction of sp³-hybridized carbons (Fsp3) is 0.682. The summed E-state index contributed by atoms with van der Waals surface area (Å²) >= 11 is 0. The van der Waals surface area contributed by atoms with Crippen LogP contribution in [0, 0.1) is 0 Å². The molecule has 0 radical (unpaired) electrons. The van der Waals surface area contributed by atoms with Crippen molar-refractivity contribution in [3.05, 3.63) is 0 Å². The molecule has 0 saturated heterocycles. The number of nitrogens with two attached hydrogens (primary N) is 5. The van der Waals surface area contributed by atoms with E-state index in [4.69, 9.17) is 33.8 Å². The molecule has 17 heteroatoms. The number of carboxylic acids is 2. The minimum absolute atomic E-state index is 0.0469. The molecule has 222 valence electrons. The van der Waals surface area contributed by atoms with E-state index in [0.717, 1.165) is 0 Å². The molecule has 0 heterocycles. The van der Waals surface area contributed by atoms with Crippen LogP contribution in [0.5, 0.6) is 0 Å². The zero-order valence-corrected chi connectivity index (χ0v) is 21.8. The number of carbonyl (C=O) groups excluding carboxylic acids is 4. The zero-order chi connectivity index (χ0) is 30.0. The van der Waals surface area contributed by atoms with Gasteiger partial charge in [-0.2, -0.15) is 0 Å². The van der Waals surface area contributed by atoms with Crippen LogP contribution in [0.2, 0.25) is 0 Å². The lowest BCUT2D eigenvalue weighted by Crippen LogP contribution is -2.57. The smallest absolute Gasteiger partial charge is 0.326 e. The molecule has 17 nitrogen and oxygen atoms in total. The number of primary amides is 1. The Bertz CT molecular complexity index is 880. The molecule has 0 aromatic rings. The van der Waals surface area contributed by atoms with Gasteiger partial charge in [0, 0.05) is 19.4 Å². The summed E-state index contributed by atoms with van der Waals surface area (Å²) in [5.41, 5.74) is 27.1. The summed E-state index contributed by atoms with van der Waals surface area (Å²) in [6.45, 7) is 0.506. The molecule has 0 saturated carbocycles. The lowest BCUT2D eigenvalue weighted by molar-refractivity contribution is -0.143. The van der Waals surface area contributed by atoms with Crippen LogP contribution in [-0.4, -0.2) is 89.0 Å². The van der Waals surface area contributed by atoms with Crippen LogP contribution in [0.15, 0.2) is 4.99 Å². The number of hydrogen-bond acceptors (Lipinski definition) is 9. The number of rotatable bonds is 21. The number of carbonyl (C=O) groups is 6. The molecule has 0 aliphatic rings. The largest absolute Gasteiger partial charge is 0.481 e. The van der Waals surface area contributed by atoms with Gasteiger partial charge in [-0.05, 0) is 45.1 Å². The number of aliphatic imine (C=N–C) groups is 1. The van der Waals surface area contributed by atoms with Gasteiger partial charge in [-0.3, -0.25) is 29.0 Å². The van der Waals surface area contributed by atoms with Crippen molar-refractivity contribution in [1.82, 2.24) is 16.0 Å². The van der Waals surface area contributed by atoms with Gasteiger partial charge in [-0.1, -0.05) is 6.42 Å². The van der Waals surface area contributed by atoms with Gasteiger partial charge >= 0.3 is 11.9 Å². The van der Waals surface area contributed by atoms with Gasteiger partial charge < -0.3 is 54.8 Å². The molecule has 4 amide bonds. The summed E-state index contributed by atoms with van der Waals surface area (Å²) in [4.78, 5) is 76.0. The predicted molar refractivity (Wildman–Crippen MR) is 140 cm³/mol. The number of aliphatic carboxylic acids is 2. The number of amides is 4. The van der Waals surface area contributed by atoms with Crippen LogP contribution in [0.4, 0.5) is 0 Å². The monoisotopic (exact) mass is 559 g/mol. The molecule has 39 heavy (non-hydrogen) atoms. The van der Waals surface area contributed by atoms with Crippen molar-refractivity contribution in [3.8, 4) is 0 Å². The van der Waals surface area contributed by atoms with E-state index in [1.165, 1.54) is 0 Å². The molecule has 0 fully saturated rings. The first kappa shape index (κ1) is 35.0. The maximum Gasteiger partial charge on any atom is 0.326 e. The first-order valence-corrected chi connectivity index (χ1v) is 12.4. The Morgan fingerprint density at radius 1 is 0.692 bits per heavy atom. The Morgan fingerprint density at radius 3 is 1.74 bits per heavy atom. The van der Waals surface area contributed by atoms with Crippen molar-refractivity contribution in [2.75, 3.05) is 13.1 Å². The summed E-state index contributed by atoms with van der Waals surface area (Å²) in [6.07, 6.45) is 0.286. The average molecular weight is 560 g/mol.